The average Bonchev–Trinajstić information content (AvgIpc) is 3.37. The molecule has 35 heavy (non-hydrogen) atoms. The first-order valence-electron chi connectivity index (χ1n) is 12.2. The predicted octanol–water partition coefficient (Wildman–Crippen LogP) is 4.97. The van der Waals surface area contributed by atoms with Gasteiger partial charge < -0.3 is 15.3 Å². The molecule has 2 bridgehead atoms. The van der Waals surface area contributed by atoms with Gasteiger partial charge in [0.15, 0.2) is 0 Å². The van der Waals surface area contributed by atoms with Crippen LogP contribution in [0.25, 0.3) is 10.2 Å². The Kier molecular flexibility index (Phi) is 6.12. The number of nitrogens with one attached hydrogen (secondary N) is 1. The molecule has 2 N–H and O–H groups in total. The molecule has 1 aromatic carbocycles. The van der Waals surface area contributed by atoms with Gasteiger partial charge in [-0.25, -0.2) is 9.97 Å². The minimum absolute atomic E-state index is 0.0759. The summed E-state index contributed by atoms with van der Waals surface area (Å²) >= 11 is 7.71. The summed E-state index contributed by atoms with van der Waals surface area (Å²) in [6.45, 7) is 4.48. The van der Waals surface area contributed by atoms with Crippen LogP contribution < -0.4 is 5.32 Å². The summed E-state index contributed by atoms with van der Waals surface area (Å²) in [7, 11) is 0. The number of anilines is 2. The van der Waals surface area contributed by atoms with Crippen molar-refractivity contribution in [2.24, 2.45) is 11.8 Å². The molecule has 1 amide bonds. The Morgan fingerprint density at radius 1 is 1.23 bits per heavy atom. The molecule has 7 nitrogen and oxygen atoms in total. The van der Waals surface area contributed by atoms with Crippen molar-refractivity contribution in [2.45, 2.75) is 32.2 Å². The van der Waals surface area contributed by atoms with Crippen molar-refractivity contribution in [1.29, 1.82) is 0 Å². The lowest BCUT2D eigenvalue weighted by Gasteiger charge is -2.30. The maximum atomic E-state index is 12.9. The van der Waals surface area contributed by atoms with Gasteiger partial charge in [0.2, 0.25) is 5.91 Å². The first-order chi connectivity index (χ1) is 17.0. The zero-order valence-electron chi connectivity index (χ0n) is 19.4. The smallest absolute Gasteiger partial charge is 0.246 e. The number of fused-ring (bicyclic) bond motifs is 5. The van der Waals surface area contributed by atoms with Gasteiger partial charge in [0.05, 0.1) is 11.9 Å². The van der Waals surface area contributed by atoms with E-state index in [1.807, 2.05) is 11.0 Å². The highest BCUT2D eigenvalue weighted by atomic mass is 35.5. The average molecular weight is 510 g/mol. The van der Waals surface area contributed by atoms with E-state index in [-0.39, 0.29) is 11.7 Å². The summed E-state index contributed by atoms with van der Waals surface area (Å²) < 4.78 is 0. The molecule has 3 aliphatic rings. The summed E-state index contributed by atoms with van der Waals surface area (Å²) in [5.41, 5.74) is 1.85. The zero-order valence-corrected chi connectivity index (χ0v) is 21.0. The molecule has 1 aliphatic carbocycles. The largest absolute Gasteiger partial charge is 0.508 e. The number of thiophene rings is 1. The van der Waals surface area contributed by atoms with Crippen molar-refractivity contribution in [3.63, 3.8) is 0 Å². The minimum Gasteiger partial charge on any atom is -0.508 e. The van der Waals surface area contributed by atoms with Crippen LogP contribution in [0.1, 0.15) is 29.7 Å². The Labute approximate surface area is 213 Å². The van der Waals surface area contributed by atoms with Crippen LogP contribution in [0.2, 0.25) is 5.02 Å². The fraction of sp³-hybridized carbons (Fsp3) is 0.423. The van der Waals surface area contributed by atoms with Gasteiger partial charge in [-0.3, -0.25) is 9.69 Å². The number of halogens is 1. The van der Waals surface area contributed by atoms with Gasteiger partial charge in [0.25, 0.3) is 0 Å². The van der Waals surface area contributed by atoms with Crippen LogP contribution in [-0.2, 0) is 17.8 Å². The molecular formula is C26H28ClN5O2S. The third kappa shape index (κ3) is 4.75. The van der Waals surface area contributed by atoms with Gasteiger partial charge in [-0.15, -0.1) is 11.3 Å². The third-order valence-electron chi connectivity index (χ3n) is 7.40. The molecule has 1 saturated carbocycles. The molecular weight excluding hydrogens is 482 g/mol. The van der Waals surface area contributed by atoms with Gasteiger partial charge in [-0.2, -0.15) is 0 Å². The van der Waals surface area contributed by atoms with Gasteiger partial charge in [0, 0.05) is 53.9 Å². The Morgan fingerprint density at radius 3 is 2.86 bits per heavy atom. The second kappa shape index (κ2) is 9.41. The summed E-state index contributed by atoms with van der Waals surface area (Å²) in [6.07, 6.45) is 10.2. The van der Waals surface area contributed by atoms with E-state index in [0.717, 1.165) is 39.9 Å². The number of hydrogen-bond acceptors (Lipinski definition) is 7. The lowest BCUT2D eigenvalue weighted by Crippen LogP contribution is -2.37. The third-order valence-corrected chi connectivity index (χ3v) is 8.74. The number of nitrogens with zero attached hydrogens (tertiary/aromatic N) is 4. The number of aromatic hydroxyl groups is 1. The normalized spacial score (nSPS) is 22.1. The molecule has 2 fully saturated rings. The molecule has 0 spiro atoms. The van der Waals surface area contributed by atoms with E-state index in [9.17, 15) is 9.90 Å². The molecule has 9 heteroatoms. The number of benzene rings is 1. The molecule has 182 valence electrons. The molecule has 2 unspecified atom stereocenters. The van der Waals surface area contributed by atoms with E-state index in [1.165, 1.54) is 50.3 Å². The van der Waals surface area contributed by atoms with E-state index in [2.05, 4.69) is 20.2 Å². The van der Waals surface area contributed by atoms with Crippen molar-refractivity contribution in [1.82, 2.24) is 19.8 Å². The highest BCUT2D eigenvalue weighted by molar-refractivity contribution is 7.19. The fourth-order valence-corrected chi connectivity index (χ4v) is 7.30. The number of phenols is 1. The minimum atomic E-state index is 0.0759. The number of hydrogen-bond donors (Lipinski definition) is 2. The van der Waals surface area contributed by atoms with Gasteiger partial charge in [0.1, 0.15) is 22.7 Å². The summed E-state index contributed by atoms with van der Waals surface area (Å²) in [4.78, 5) is 28.3. The zero-order chi connectivity index (χ0) is 23.9. The SMILES string of the molecule is O=C(C=CCN1CC2CCC(C2)C1)N1CCc2c(sc3ncnc(Nc4cc(O)cc(Cl)c4)c23)C1. The molecule has 3 aromatic rings. The van der Waals surface area contributed by atoms with Crippen LogP contribution in [-0.4, -0.2) is 57.0 Å². The van der Waals surface area contributed by atoms with Crippen LogP contribution >= 0.6 is 22.9 Å². The Hall–Kier alpha value is -2.68. The molecule has 6 rings (SSSR count). The number of carbonyl (C=O) groups is 1. The van der Waals surface area contributed by atoms with Crippen LogP contribution in [0.4, 0.5) is 11.5 Å². The van der Waals surface area contributed by atoms with E-state index in [0.29, 0.717) is 29.6 Å². The second-order valence-corrected chi connectivity index (χ2v) is 11.4. The summed E-state index contributed by atoms with van der Waals surface area (Å²) in [5, 5.41) is 14.6. The lowest BCUT2D eigenvalue weighted by molar-refractivity contribution is -0.126. The van der Waals surface area contributed by atoms with Crippen LogP contribution in [0.5, 0.6) is 5.75 Å². The topological polar surface area (TPSA) is 81.6 Å². The van der Waals surface area contributed by atoms with Crippen LogP contribution in [0, 0.1) is 11.8 Å². The Morgan fingerprint density at radius 2 is 2.06 bits per heavy atom. The van der Waals surface area contributed by atoms with E-state index in [1.54, 1.807) is 29.5 Å². The molecule has 0 radical (unpaired) electrons. The number of aromatic nitrogens is 2. The highest BCUT2D eigenvalue weighted by Crippen LogP contribution is 2.39. The van der Waals surface area contributed by atoms with E-state index < -0.39 is 0 Å². The maximum Gasteiger partial charge on any atom is 0.246 e. The molecule has 2 aliphatic heterocycles. The van der Waals surface area contributed by atoms with Crippen LogP contribution in [0.3, 0.4) is 0 Å². The van der Waals surface area contributed by atoms with Gasteiger partial charge in [-0.1, -0.05) is 17.7 Å². The van der Waals surface area contributed by atoms with Crippen LogP contribution in [0.15, 0.2) is 36.7 Å². The summed E-state index contributed by atoms with van der Waals surface area (Å²) in [5.74, 6) is 2.57. The molecule has 2 atom stereocenters. The quantitative estimate of drug-likeness (QED) is 0.473. The Bertz CT molecular complexity index is 1280. The number of amides is 1. The lowest BCUT2D eigenvalue weighted by atomic mass is 9.99. The monoisotopic (exact) mass is 509 g/mol. The predicted molar refractivity (Wildman–Crippen MR) is 139 cm³/mol. The standard InChI is InChI=1S/C26H28ClN5O2S/c27-18-9-19(11-20(33)10-18)30-25-24-21-5-7-32(14-22(21)35-26(24)29-15-28-25)23(34)2-1-6-31-12-16-3-4-17(8-16)13-31/h1-2,9-11,15-17,33H,3-8,12-14H2,(H,28,29,30). The van der Waals surface area contributed by atoms with Crippen molar-refractivity contribution < 1.29 is 9.90 Å². The summed E-state index contributed by atoms with van der Waals surface area (Å²) in [6, 6.07) is 4.85. The number of phenolic OH excluding ortho intramolecular Hbond substituents is 1. The number of likely N-dealkylation sites (tertiary alicyclic amines) is 1. The van der Waals surface area contributed by atoms with Crippen molar-refractivity contribution in [3.05, 3.63) is 52.1 Å². The molecule has 1 saturated heterocycles. The number of carbonyl (C=O) groups excluding carboxylic acids is 1. The van der Waals surface area contributed by atoms with Crippen molar-refractivity contribution >= 4 is 50.6 Å². The number of rotatable bonds is 5. The first kappa shape index (κ1) is 22.8. The number of piperidine rings is 1. The molecule has 2 aromatic heterocycles. The first-order valence-corrected chi connectivity index (χ1v) is 13.4. The van der Waals surface area contributed by atoms with E-state index in [4.69, 9.17) is 11.6 Å². The van der Waals surface area contributed by atoms with E-state index >= 15 is 0 Å². The molecule has 4 heterocycles. The van der Waals surface area contributed by atoms with Gasteiger partial charge in [-0.05, 0) is 55.2 Å². The highest BCUT2D eigenvalue weighted by Gasteiger charge is 2.32. The van der Waals surface area contributed by atoms with Crippen molar-refractivity contribution in [2.75, 3.05) is 31.5 Å². The fourth-order valence-electron chi connectivity index (χ4n) is 5.87. The Balaban J connectivity index is 1.15. The maximum absolute atomic E-state index is 12.9. The second-order valence-electron chi connectivity index (χ2n) is 9.91. The van der Waals surface area contributed by atoms with Crippen molar-refractivity contribution in [3.8, 4) is 5.75 Å². The van der Waals surface area contributed by atoms with Gasteiger partial charge >= 0.3 is 0 Å².